The second-order valence-corrected chi connectivity index (χ2v) is 6.86. The highest BCUT2D eigenvalue weighted by Crippen LogP contribution is 2.36. The van der Waals surface area contributed by atoms with Crippen molar-refractivity contribution in [3.8, 4) is 6.07 Å². The number of benzene rings is 2. The summed E-state index contributed by atoms with van der Waals surface area (Å²) < 4.78 is 2.07. The van der Waals surface area contributed by atoms with Crippen LogP contribution in [0.5, 0.6) is 0 Å². The SMILES string of the molecule is N#Cc1ccc(NCc2sc3ccccc3c2Cl)c(Br)c1. The minimum atomic E-state index is 0.632. The fraction of sp³-hybridized carbons (Fsp3) is 0.0625. The van der Waals surface area contributed by atoms with E-state index in [1.165, 1.54) is 4.70 Å². The fourth-order valence-corrected chi connectivity index (χ4v) is 4.04. The van der Waals surface area contributed by atoms with E-state index in [-0.39, 0.29) is 0 Å². The number of hydrogen-bond donors (Lipinski definition) is 1. The van der Waals surface area contributed by atoms with Gasteiger partial charge in [-0.2, -0.15) is 5.26 Å². The molecular weight excluding hydrogens is 368 g/mol. The van der Waals surface area contributed by atoms with Gasteiger partial charge in [0.05, 0.1) is 23.2 Å². The van der Waals surface area contributed by atoms with Crippen LogP contribution in [0.3, 0.4) is 0 Å². The second kappa shape index (κ2) is 6.07. The van der Waals surface area contributed by atoms with Gasteiger partial charge in [0.1, 0.15) is 0 Å². The van der Waals surface area contributed by atoms with E-state index >= 15 is 0 Å². The van der Waals surface area contributed by atoms with Gasteiger partial charge in [-0.25, -0.2) is 0 Å². The number of anilines is 1. The van der Waals surface area contributed by atoms with E-state index in [1.54, 1.807) is 23.5 Å². The molecule has 0 saturated heterocycles. The van der Waals surface area contributed by atoms with Gasteiger partial charge in [0, 0.05) is 25.1 Å². The maximum atomic E-state index is 8.87. The van der Waals surface area contributed by atoms with Crippen molar-refractivity contribution in [1.82, 2.24) is 0 Å². The van der Waals surface area contributed by atoms with Crippen molar-refractivity contribution in [1.29, 1.82) is 5.26 Å². The zero-order chi connectivity index (χ0) is 14.8. The number of nitriles is 1. The first-order valence-electron chi connectivity index (χ1n) is 6.28. The lowest BCUT2D eigenvalue weighted by Gasteiger charge is -2.08. The molecule has 104 valence electrons. The first kappa shape index (κ1) is 14.4. The topological polar surface area (TPSA) is 35.8 Å². The van der Waals surface area contributed by atoms with Crippen molar-refractivity contribution in [3.05, 3.63) is 62.4 Å². The van der Waals surface area contributed by atoms with E-state index in [0.717, 1.165) is 25.4 Å². The molecule has 2 aromatic carbocycles. The zero-order valence-corrected chi connectivity index (χ0v) is 14.0. The Hall–Kier alpha value is -1.54. The second-order valence-electron chi connectivity index (χ2n) is 4.50. The van der Waals surface area contributed by atoms with Crippen LogP contribution in [0.1, 0.15) is 10.4 Å². The highest BCUT2D eigenvalue weighted by atomic mass is 79.9. The van der Waals surface area contributed by atoms with Crippen molar-refractivity contribution < 1.29 is 0 Å². The minimum Gasteiger partial charge on any atom is -0.379 e. The molecule has 3 rings (SSSR count). The first-order valence-corrected chi connectivity index (χ1v) is 8.27. The summed E-state index contributed by atoms with van der Waals surface area (Å²) in [4.78, 5) is 1.11. The lowest BCUT2D eigenvalue weighted by atomic mass is 10.2. The van der Waals surface area contributed by atoms with E-state index in [4.69, 9.17) is 16.9 Å². The Bertz CT molecular complexity index is 851. The van der Waals surface area contributed by atoms with Crippen molar-refractivity contribution in [2.45, 2.75) is 6.54 Å². The highest BCUT2D eigenvalue weighted by molar-refractivity contribution is 9.10. The normalized spacial score (nSPS) is 10.5. The third kappa shape index (κ3) is 2.91. The number of fused-ring (bicyclic) bond motifs is 1. The molecule has 0 amide bonds. The fourth-order valence-electron chi connectivity index (χ4n) is 2.08. The molecule has 0 aliphatic heterocycles. The standard InChI is InChI=1S/C16H10BrClN2S/c17-12-7-10(8-19)5-6-13(12)20-9-15-16(18)11-3-1-2-4-14(11)21-15/h1-7,20H,9H2. The summed E-state index contributed by atoms with van der Waals surface area (Å²) >= 11 is 11.6. The van der Waals surface area contributed by atoms with E-state index in [0.29, 0.717) is 12.1 Å². The molecule has 1 heterocycles. The quantitative estimate of drug-likeness (QED) is 0.626. The van der Waals surface area contributed by atoms with Crippen molar-refractivity contribution in [2.75, 3.05) is 5.32 Å². The molecule has 0 bridgehead atoms. The van der Waals surface area contributed by atoms with Crippen LogP contribution in [-0.4, -0.2) is 0 Å². The predicted molar refractivity (Wildman–Crippen MR) is 93.0 cm³/mol. The highest BCUT2D eigenvalue weighted by Gasteiger charge is 2.10. The average molecular weight is 378 g/mol. The van der Waals surface area contributed by atoms with E-state index in [9.17, 15) is 0 Å². The molecule has 0 spiro atoms. The zero-order valence-electron chi connectivity index (χ0n) is 10.9. The minimum absolute atomic E-state index is 0.632. The van der Waals surface area contributed by atoms with Crippen LogP contribution in [-0.2, 0) is 6.54 Å². The average Bonchev–Trinajstić information content (AvgIpc) is 2.83. The van der Waals surface area contributed by atoms with Gasteiger partial charge in [0.2, 0.25) is 0 Å². The van der Waals surface area contributed by atoms with E-state index in [2.05, 4.69) is 33.4 Å². The number of nitrogens with zero attached hydrogens (tertiary/aromatic N) is 1. The lowest BCUT2D eigenvalue weighted by molar-refractivity contribution is 1.19. The molecule has 21 heavy (non-hydrogen) atoms. The van der Waals surface area contributed by atoms with Gasteiger partial charge in [0.25, 0.3) is 0 Å². The van der Waals surface area contributed by atoms with Crippen LogP contribution in [0.15, 0.2) is 46.9 Å². The summed E-state index contributed by atoms with van der Waals surface area (Å²) in [6.07, 6.45) is 0. The van der Waals surface area contributed by atoms with Gasteiger partial charge in [-0.3, -0.25) is 0 Å². The number of thiophene rings is 1. The Morgan fingerprint density at radius 2 is 2.05 bits per heavy atom. The molecule has 1 aromatic heterocycles. The Kier molecular flexibility index (Phi) is 4.16. The summed E-state index contributed by atoms with van der Waals surface area (Å²) in [6.45, 7) is 0.655. The smallest absolute Gasteiger partial charge is 0.0992 e. The van der Waals surface area contributed by atoms with Gasteiger partial charge in [-0.05, 0) is 40.2 Å². The molecule has 1 N–H and O–H groups in total. The van der Waals surface area contributed by atoms with Gasteiger partial charge in [0.15, 0.2) is 0 Å². The molecule has 3 aromatic rings. The Labute approximate surface area is 140 Å². The van der Waals surface area contributed by atoms with Crippen molar-refractivity contribution in [2.24, 2.45) is 0 Å². The van der Waals surface area contributed by atoms with Crippen LogP contribution in [0.2, 0.25) is 5.02 Å². The molecule has 0 fully saturated rings. The van der Waals surface area contributed by atoms with Crippen LogP contribution in [0.4, 0.5) is 5.69 Å². The largest absolute Gasteiger partial charge is 0.379 e. The third-order valence-corrected chi connectivity index (χ3v) is 5.51. The lowest BCUT2D eigenvalue weighted by Crippen LogP contribution is -1.98. The predicted octanol–water partition coefficient (Wildman–Crippen LogP) is 5.80. The van der Waals surface area contributed by atoms with Crippen LogP contribution < -0.4 is 5.32 Å². The monoisotopic (exact) mass is 376 g/mol. The molecule has 0 aliphatic carbocycles. The third-order valence-electron chi connectivity index (χ3n) is 3.14. The van der Waals surface area contributed by atoms with E-state index < -0.39 is 0 Å². The van der Waals surface area contributed by atoms with Crippen molar-refractivity contribution >= 4 is 54.6 Å². The van der Waals surface area contributed by atoms with Gasteiger partial charge in [-0.15, -0.1) is 11.3 Å². The number of hydrogen-bond acceptors (Lipinski definition) is 3. The summed E-state index contributed by atoms with van der Waals surface area (Å²) in [5.74, 6) is 0. The molecule has 0 saturated carbocycles. The molecule has 2 nitrogen and oxygen atoms in total. The Balaban J connectivity index is 1.84. The maximum Gasteiger partial charge on any atom is 0.0992 e. The first-order chi connectivity index (χ1) is 10.2. The molecule has 0 atom stereocenters. The Morgan fingerprint density at radius 3 is 2.76 bits per heavy atom. The number of nitrogens with one attached hydrogen (secondary N) is 1. The molecule has 0 aliphatic rings. The summed E-state index contributed by atoms with van der Waals surface area (Å²) in [7, 11) is 0. The van der Waals surface area contributed by atoms with Gasteiger partial charge < -0.3 is 5.32 Å². The van der Waals surface area contributed by atoms with Crippen LogP contribution in [0, 0.1) is 11.3 Å². The number of rotatable bonds is 3. The molecular formula is C16H10BrClN2S. The van der Waals surface area contributed by atoms with Gasteiger partial charge in [-0.1, -0.05) is 29.8 Å². The summed E-state index contributed by atoms with van der Waals surface area (Å²) in [6, 6.07) is 15.7. The summed E-state index contributed by atoms with van der Waals surface area (Å²) in [5, 5.41) is 14.1. The molecule has 0 unspecified atom stereocenters. The van der Waals surface area contributed by atoms with Crippen LogP contribution in [0.25, 0.3) is 10.1 Å². The van der Waals surface area contributed by atoms with Crippen molar-refractivity contribution in [3.63, 3.8) is 0 Å². The van der Waals surface area contributed by atoms with Gasteiger partial charge >= 0.3 is 0 Å². The maximum absolute atomic E-state index is 8.87. The Morgan fingerprint density at radius 1 is 1.24 bits per heavy atom. The molecule has 5 heteroatoms. The summed E-state index contributed by atoms with van der Waals surface area (Å²) in [5.41, 5.74) is 1.58. The number of halogens is 2. The van der Waals surface area contributed by atoms with E-state index in [1.807, 2.05) is 24.3 Å². The molecule has 0 radical (unpaired) electrons. The van der Waals surface area contributed by atoms with Crippen LogP contribution >= 0.6 is 38.9 Å².